The van der Waals surface area contributed by atoms with Crippen molar-refractivity contribution in [1.82, 2.24) is 19.5 Å². The fourth-order valence-corrected chi connectivity index (χ4v) is 4.25. The third kappa shape index (κ3) is 3.79. The Morgan fingerprint density at radius 3 is 2.76 bits per heavy atom. The van der Waals surface area contributed by atoms with Crippen LogP contribution in [0.15, 0.2) is 60.0 Å². The molecule has 0 aliphatic carbocycles. The number of halogens is 1. The molecule has 8 nitrogen and oxygen atoms in total. The largest absolute Gasteiger partial charge is 0.486 e. The fourth-order valence-electron chi connectivity index (χ4n) is 4.25. The highest BCUT2D eigenvalue weighted by Crippen LogP contribution is 2.39. The van der Waals surface area contributed by atoms with Gasteiger partial charge in [-0.05, 0) is 44.2 Å². The SMILES string of the molecule is CC(C)OC(=O)c1ncn2c1CN1C(COc3ccccc3)=NN(C)C1c1cc(F)ccc1-2. The zero-order valence-corrected chi connectivity index (χ0v) is 18.6. The summed E-state index contributed by atoms with van der Waals surface area (Å²) in [4.78, 5) is 19.1. The second kappa shape index (κ2) is 8.23. The van der Waals surface area contributed by atoms with E-state index in [9.17, 15) is 9.18 Å². The Morgan fingerprint density at radius 2 is 2.00 bits per heavy atom. The molecule has 2 aliphatic rings. The van der Waals surface area contributed by atoms with Crippen molar-refractivity contribution in [3.63, 3.8) is 0 Å². The van der Waals surface area contributed by atoms with Gasteiger partial charge in [0.05, 0.1) is 24.0 Å². The molecule has 0 saturated heterocycles. The van der Waals surface area contributed by atoms with Gasteiger partial charge in [0, 0.05) is 12.6 Å². The monoisotopic (exact) mass is 449 g/mol. The number of carbonyl (C=O) groups is 1. The Labute approximate surface area is 190 Å². The van der Waals surface area contributed by atoms with Crippen LogP contribution in [-0.2, 0) is 11.3 Å². The number of para-hydroxylation sites is 1. The van der Waals surface area contributed by atoms with Gasteiger partial charge in [-0.2, -0.15) is 5.10 Å². The molecule has 0 spiro atoms. The van der Waals surface area contributed by atoms with Gasteiger partial charge in [0.25, 0.3) is 0 Å². The van der Waals surface area contributed by atoms with Crippen molar-refractivity contribution in [2.45, 2.75) is 32.7 Å². The maximum Gasteiger partial charge on any atom is 0.359 e. The number of amidine groups is 1. The lowest BCUT2D eigenvalue weighted by Crippen LogP contribution is -2.35. The first kappa shape index (κ1) is 21.0. The summed E-state index contributed by atoms with van der Waals surface area (Å²) >= 11 is 0. The number of carbonyl (C=O) groups excluding carboxylic acids is 1. The lowest BCUT2D eigenvalue weighted by Gasteiger charge is -2.29. The molecule has 170 valence electrons. The van der Waals surface area contributed by atoms with Crippen molar-refractivity contribution in [1.29, 1.82) is 0 Å². The molecule has 3 heterocycles. The zero-order chi connectivity index (χ0) is 23.1. The van der Waals surface area contributed by atoms with Crippen molar-refractivity contribution in [3.8, 4) is 11.4 Å². The summed E-state index contributed by atoms with van der Waals surface area (Å²) in [6.07, 6.45) is 0.950. The predicted molar refractivity (Wildman–Crippen MR) is 119 cm³/mol. The molecule has 1 aromatic heterocycles. The number of hydrogen-bond donors (Lipinski definition) is 0. The second-order valence-electron chi connectivity index (χ2n) is 8.26. The van der Waals surface area contributed by atoms with Gasteiger partial charge in [0.15, 0.2) is 11.5 Å². The second-order valence-corrected chi connectivity index (χ2v) is 8.26. The van der Waals surface area contributed by atoms with Gasteiger partial charge >= 0.3 is 5.97 Å². The minimum Gasteiger partial charge on any atom is -0.486 e. The van der Waals surface area contributed by atoms with E-state index in [4.69, 9.17) is 9.47 Å². The fraction of sp³-hybridized carbons (Fsp3) is 0.292. The maximum absolute atomic E-state index is 14.3. The summed E-state index contributed by atoms with van der Waals surface area (Å²) in [5, 5.41) is 6.47. The van der Waals surface area contributed by atoms with Crippen LogP contribution >= 0.6 is 0 Å². The minimum atomic E-state index is -0.493. The van der Waals surface area contributed by atoms with Gasteiger partial charge in [-0.25, -0.2) is 14.2 Å². The lowest BCUT2D eigenvalue weighted by molar-refractivity contribution is 0.0368. The van der Waals surface area contributed by atoms with E-state index in [2.05, 4.69) is 10.1 Å². The molecule has 1 unspecified atom stereocenters. The smallest absolute Gasteiger partial charge is 0.359 e. The van der Waals surface area contributed by atoms with E-state index in [0.29, 0.717) is 18.1 Å². The summed E-state index contributed by atoms with van der Waals surface area (Å²) in [6, 6.07) is 14.1. The lowest BCUT2D eigenvalue weighted by atomic mass is 10.1. The maximum atomic E-state index is 14.3. The quantitative estimate of drug-likeness (QED) is 0.553. The summed E-state index contributed by atoms with van der Waals surface area (Å²) in [6.45, 7) is 4.13. The van der Waals surface area contributed by atoms with Crippen molar-refractivity contribution in [2.75, 3.05) is 13.7 Å². The van der Waals surface area contributed by atoms with E-state index < -0.39 is 5.97 Å². The van der Waals surface area contributed by atoms with E-state index in [1.165, 1.54) is 12.1 Å². The van der Waals surface area contributed by atoms with Gasteiger partial charge in [0.1, 0.15) is 30.7 Å². The summed E-state index contributed by atoms with van der Waals surface area (Å²) in [7, 11) is 1.84. The number of aromatic nitrogens is 2. The van der Waals surface area contributed by atoms with E-state index in [1.807, 2.05) is 46.8 Å². The number of fused-ring (bicyclic) bond motifs is 5. The Kier molecular flexibility index (Phi) is 5.24. The standard InChI is InChI=1S/C24H24FN5O3/c1-15(2)33-24(31)22-20-12-29-21(13-32-17-7-5-4-6-8-17)27-28(3)23(29)18-11-16(25)9-10-19(18)30(20)14-26-22/h4-11,14-15,23H,12-13H2,1-3H3. The molecule has 0 saturated carbocycles. The highest BCUT2D eigenvalue weighted by Gasteiger charge is 2.40. The molecule has 0 N–H and O–H groups in total. The minimum absolute atomic E-state index is 0.218. The topological polar surface area (TPSA) is 72.2 Å². The molecular weight excluding hydrogens is 425 g/mol. The van der Waals surface area contributed by atoms with Gasteiger partial charge in [-0.1, -0.05) is 18.2 Å². The Balaban J connectivity index is 1.56. The zero-order valence-electron chi connectivity index (χ0n) is 18.6. The number of hydrazone groups is 1. The first-order valence-electron chi connectivity index (χ1n) is 10.7. The Morgan fingerprint density at radius 1 is 1.21 bits per heavy atom. The third-order valence-corrected chi connectivity index (χ3v) is 5.61. The van der Waals surface area contributed by atoms with E-state index in [-0.39, 0.29) is 30.4 Å². The first-order valence-corrected chi connectivity index (χ1v) is 10.7. The van der Waals surface area contributed by atoms with Crippen LogP contribution in [0, 0.1) is 5.82 Å². The highest BCUT2D eigenvalue weighted by atomic mass is 19.1. The molecule has 33 heavy (non-hydrogen) atoms. The van der Waals surface area contributed by atoms with Crippen LogP contribution in [0.4, 0.5) is 4.39 Å². The molecule has 5 rings (SSSR count). The predicted octanol–water partition coefficient (Wildman–Crippen LogP) is 3.73. The summed E-state index contributed by atoms with van der Waals surface area (Å²) in [5.74, 6) is 0.546. The molecule has 9 heteroatoms. The van der Waals surface area contributed by atoms with Gasteiger partial charge in [-0.3, -0.25) is 5.01 Å². The van der Waals surface area contributed by atoms with E-state index in [0.717, 1.165) is 17.0 Å². The average Bonchev–Trinajstić information content (AvgIpc) is 3.29. The van der Waals surface area contributed by atoms with Crippen LogP contribution < -0.4 is 4.74 Å². The van der Waals surface area contributed by atoms with Crippen LogP contribution in [0.1, 0.15) is 41.8 Å². The third-order valence-electron chi connectivity index (χ3n) is 5.61. The van der Waals surface area contributed by atoms with Crippen molar-refractivity contribution >= 4 is 11.8 Å². The normalized spacial score (nSPS) is 16.6. The Bertz CT molecular complexity index is 1220. The van der Waals surface area contributed by atoms with Crippen LogP contribution in [0.3, 0.4) is 0 Å². The molecule has 2 aromatic carbocycles. The van der Waals surface area contributed by atoms with Gasteiger partial charge in [-0.15, -0.1) is 0 Å². The first-order chi connectivity index (χ1) is 15.9. The highest BCUT2D eigenvalue weighted by molar-refractivity contribution is 5.90. The van der Waals surface area contributed by atoms with Crippen molar-refractivity contribution < 1.29 is 18.7 Å². The molecule has 0 bridgehead atoms. The Hall–Kier alpha value is -3.88. The number of hydrogen-bond acceptors (Lipinski definition) is 7. The number of imidazole rings is 1. The van der Waals surface area contributed by atoms with Crippen LogP contribution in [-0.4, -0.2) is 51.0 Å². The number of benzene rings is 2. The molecule has 0 amide bonds. The van der Waals surface area contributed by atoms with Crippen LogP contribution in [0.5, 0.6) is 5.75 Å². The van der Waals surface area contributed by atoms with E-state index >= 15 is 0 Å². The molecule has 3 aromatic rings. The van der Waals surface area contributed by atoms with Gasteiger partial charge < -0.3 is 18.9 Å². The molecule has 0 fully saturated rings. The number of ether oxygens (including phenoxy) is 2. The average molecular weight is 449 g/mol. The molecule has 1 atom stereocenters. The summed E-state index contributed by atoms with van der Waals surface area (Å²) < 4.78 is 27.5. The molecule has 2 aliphatic heterocycles. The van der Waals surface area contributed by atoms with Crippen molar-refractivity contribution in [2.24, 2.45) is 5.10 Å². The number of nitrogens with zero attached hydrogens (tertiary/aromatic N) is 5. The molecule has 0 radical (unpaired) electrons. The van der Waals surface area contributed by atoms with E-state index in [1.54, 1.807) is 31.3 Å². The molecular formula is C24H24FN5O3. The number of esters is 1. The summed E-state index contributed by atoms with van der Waals surface area (Å²) in [5.41, 5.74) is 2.34. The van der Waals surface area contributed by atoms with Gasteiger partial charge in [0.2, 0.25) is 0 Å². The van der Waals surface area contributed by atoms with Crippen molar-refractivity contribution in [3.05, 3.63) is 77.6 Å². The van der Waals surface area contributed by atoms with Crippen LogP contribution in [0.2, 0.25) is 0 Å². The number of rotatable bonds is 5. The van der Waals surface area contributed by atoms with Crippen LogP contribution in [0.25, 0.3) is 5.69 Å².